The standard InChI is InChI=1S/C30H26F5N5O3/c31-26(32)21-10-5-11-23-25(21)39-29(43)22(16-40(23)19-9-4-6-17(14-19)15-36)38-28(42)20(12-13-30(33,34)35)24(27(37)41)18-7-2-1-3-8-18/h1-11,14,20,22,24,26H,12-13,16H2,(H2,37,41)(H,38,42)(H,39,43). The molecule has 1 aliphatic rings. The molecule has 3 aromatic rings. The van der Waals surface area contributed by atoms with Crippen LogP contribution in [0.25, 0.3) is 0 Å². The molecule has 0 saturated carbocycles. The summed E-state index contributed by atoms with van der Waals surface area (Å²) in [5, 5.41) is 14.3. The summed E-state index contributed by atoms with van der Waals surface area (Å²) in [5.74, 6) is -6.08. The lowest BCUT2D eigenvalue weighted by Crippen LogP contribution is -2.51. The fourth-order valence-electron chi connectivity index (χ4n) is 5.08. The molecule has 0 bridgehead atoms. The number of nitriles is 1. The van der Waals surface area contributed by atoms with Gasteiger partial charge in [0.05, 0.1) is 41.4 Å². The van der Waals surface area contributed by atoms with Crippen LogP contribution in [-0.2, 0) is 14.4 Å². The van der Waals surface area contributed by atoms with Crippen LogP contribution in [0.3, 0.4) is 0 Å². The largest absolute Gasteiger partial charge is 0.389 e. The molecule has 3 atom stereocenters. The lowest BCUT2D eigenvalue weighted by atomic mass is 9.81. The highest BCUT2D eigenvalue weighted by Gasteiger charge is 2.40. The zero-order chi connectivity index (χ0) is 31.3. The Morgan fingerprint density at radius 2 is 1.77 bits per heavy atom. The Morgan fingerprint density at radius 3 is 2.40 bits per heavy atom. The predicted octanol–water partition coefficient (Wildman–Crippen LogP) is 5.30. The van der Waals surface area contributed by atoms with Crippen molar-refractivity contribution in [2.45, 2.75) is 37.4 Å². The van der Waals surface area contributed by atoms with E-state index in [1.165, 1.54) is 53.4 Å². The molecule has 4 rings (SSSR count). The SMILES string of the molecule is N#Cc1cccc(N2CC(NC(=O)C(CCC(F)(F)F)C(C(N)=O)c3ccccc3)C(=O)Nc3c(C(F)F)cccc32)c1. The van der Waals surface area contributed by atoms with Gasteiger partial charge in [0.1, 0.15) is 6.04 Å². The highest BCUT2D eigenvalue weighted by Crippen LogP contribution is 2.41. The molecule has 0 aliphatic carbocycles. The maximum Gasteiger partial charge on any atom is 0.389 e. The fraction of sp³-hybridized carbons (Fsp3) is 0.267. The Bertz CT molecular complexity index is 1540. The van der Waals surface area contributed by atoms with E-state index in [0.29, 0.717) is 5.69 Å². The van der Waals surface area contributed by atoms with E-state index >= 15 is 0 Å². The number of fused-ring (bicyclic) bond motifs is 1. The van der Waals surface area contributed by atoms with E-state index in [4.69, 9.17) is 5.73 Å². The first-order valence-electron chi connectivity index (χ1n) is 13.1. The van der Waals surface area contributed by atoms with Crippen molar-refractivity contribution in [3.63, 3.8) is 0 Å². The van der Waals surface area contributed by atoms with Gasteiger partial charge in [-0.3, -0.25) is 14.4 Å². The quantitative estimate of drug-likeness (QED) is 0.288. The van der Waals surface area contributed by atoms with Crippen molar-refractivity contribution in [2.75, 3.05) is 16.8 Å². The van der Waals surface area contributed by atoms with Crippen LogP contribution >= 0.6 is 0 Å². The van der Waals surface area contributed by atoms with Gasteiger partial charge in [-0.2, -0.15) is 18.4 Å². The molecule has 0 fully saturated rings. The first-order valence-corrected chi connectivity index (χ1v) is 13.1. The number of para-hydroxylation sites is 1. The number of hydrogen-bond acceptors (Lipinski definition) is 5. The molecule has 3 aromatic carbocycles. The number of carbonyl (C=O) groups is 3. The number of halogens is 5. The van der Waals surface area contributed by atoms with Gasteiger partial charge in [0.2, 0.25) is 17.7 Å². The Kier molecular flexibility index (Phi) is 9.28. The molecule has 43 heavy (non-hydrogen) atoms. The average Bonchev–Trinajstić information content (AvgIpc) is 3.10. The van der Waals surface area contributed by atoms with Crippen LogP contribution < -0.4 is 21.3 Å². The summed E-state index contributed by atoms with van der Waals surface area (Å²) in [6, 6.07) is 18.1. The minimum absolute atomic E-state index is 0.144. The lowest BCUT2D eigenvalue weighted by Gasteiger charge is -2.29. The second-order valence-electron chi connectivity index (χ2n) is 9.92. The van der Waals surface area contributed by atoms with Crippen molar-refractivity contribution in [1.29, 1.82) is 5.26 Å². The number of anilines is 3. The minimum Gasteiger partial charge on any atom is -0.369 e. The van der Waals surface area contributed by atoms with Gasteiger partial charge in [-0.25, -0.2) is 8.78 Å². The van der Waals surface area contributed by atoms with Crippen molar-refractivity contribution in [1.82, 2.24) is 5.32 Å². The first-order chi connectivity index (χ1) is 20.4. The Morgan fingerprint density at radius 1 is 1.07 bits per heavy atom. The number of nitrogens with zero attached hydrogens (tertiary/aromatic N) is 2. The van der Waals surface area contributed by atoms with Crippen LogP contribution in [-0.4, -0.2) is 36.5 Å². The van der Waals surface area contributed by atoms with Gasteiger partial charge in [0, 0.05) is 17.7 Å². The smallest absolute Gasteiger partial charge is 0.369 e. The van der Waals surface area contributed by atoms with Crippen LogP contribution in [0.1, 0.15) is 41.9 Å². The number of primary amides is 1. The molecule has 13 heteroatoms. The minimum atomic E-state index is -4.66. The molecule has 8 nitrogen and oxygen atoms in total. The van der Waals surface area contributed by atoms with E-state index in [0.717, 1.165) is 6.07 Å². The van der Waals surface area contributed by atoms with Crippen molar-refractivity contribution < 1.29 is 36.3 Å². The normalized spacial score (nSPS) is 16.3. The molecular weight excluding hydrogens is 573 g/mol. The van der Waals surface area contributed by atoms with Crippen molar-refractivity contribution in [3.8, 4) is 6.07 Å². The molecule has 0 radical (unpaired) electrons. The molecule has 0 aromatic heterocycles. The summed E-state index contributed by atoms with van der Waals surface area (Å²) in [4.78, 5) is 41.0. The number of rotatable bonds is 9. The van der Waals surface area contributed by atoms with Gasteiger partial charge in [0.15, 0.2) is 0 Å². The number of hydrogen-bond donors (Lipinski definition) is 3. The van der Waals surface area contributed by atoms with E-state index in [-0.39, 0.29) is 29.0 Å². The van der Waals surface area contributed by atoms with Gasteiger partial charge < -0.3 is 21.3 Å². The molecule has 0 spiro atoms. The summed E-state index contributed by atoms with van der Waals surface area (Å²) in [5.41, 5.74) is 5.76. The second kappa shape index (κ2) is 12.9. The van der Waals surface area contributed by atoms with Gasteiger partial charge in [0.25, 0.3) is 6.43 Å². The number of alkyl halides is 5. The third-order valence-corrected chi connectivity index (χ3v) is 7.08. The third kappa shape index (κ3) is 7.27. The van der Waals surface area contributed by atoms with E-state index in [9.17, 15) is 41.6 Å². The van der Waals surface area contributed by atoms with E-state index in [1.54, 1.807) is 18.2 Å². The number of nitrogens with one attached hydrogen (secondary N) is 2. The van der Waals surface area contributed by atoms with Crippen molar-refractivity contribution in [3.05, 3.63) is 89.5 Å². The second-order valence-corrected chi connectivity index (χ2v) is 9.92. The molecule has 224 valence electrons. The number of nitrogens with two attached hydrogens (primary N) is 1. The predicted molar refractivity (Wildman–Crippen MR) is 147 cm³/mol. The highest BCUT2D eigenvalue weighted by atomic mass is 19.4. The Hall–Kier alpha value is -4.99. The molecular formula is C30H26F5N5O3. The average molecular weight is 600 g/mol. The maximum atomic E-state index is 14.0. The maximum absolute atomic E-state index is 14.0. The van der Waals surface area contributed by atoms with Gasteiger partial charge in [-0.05, 0) is 36.2 Å². The zero-order valence-electron chi connectivity index (χ0n) is 22.4. The molecule has 0 saturated heterocycles. The summed E-state index contributed by atoms with van der Waals surface area (Å²) in [6.45, 7) is -0.343. The van der Waals surface area contributed by atoms with Crippen LogP contribution in [0.4, 0.5) is 39.0 Å². The number of amides is 3. The van der Waals surface area contributed by atoms with Crippen LogP contribution in [0.5, 0.6) is 0 Å². The molecule has 1 aliphatic heterocycles. The summed E-state index contributed by atoms with van der Waals surface area (Å²) < 4.78 is 67.7. The Labute approximate surface area is 243 Å². The molecule has 1 heterocycles. The molecule has 4 N–H and O–H groups in total. The molecule has 3 unspecified atom stereocenters. The van der Waals surface area contributed by atoms with E-state index in [1.807, 2.05) is 6.07 Å². The summed E-state index contributed by atoms with van der Waals surface area (Å²) in [7, 11) is 0. The fourth-order valence-corrected chi connectivity index (χ4v) is 5.08. The first kappa shape index (κ1) is 31.0. The van der Waals surface area contributed by atoms with Crippen LogP contribution in [0.2, 0.25) is 0 Å². The molecule has 3 amide bonds. The van der Waals surface area contributed by atoms with E-state index in [2.05, 4.69) is 10.6 Å². The Balaban J connectivity index is 1.74. The highest BCUT2D eigenvalue weighted by molar-refractivity contribution is 6.04. The van der Waals surface area contributed by atoms with Gasteiger partial charge in [-0.15, -0.1) is 0 Å². The number of carbonyl (C=O) groups excluding carboxylic acids is 3. The van der Waals surface area contributed by atoms with Crippen molar-refractivity contribution >= 4 is 34.8 Å². The van der Waals surface area contributed by atoms with Crippen molar-refractivity contribution in [2.24, 2.45) is 11.7 Å². The lowest BCUT2D eigenvalue weighted by molar-refractivity contribution is -0.144. The summed E-state index contributed by atoms with van der Waals surface area (Å²) in [6.07, 6.45) is -9.86. The monoisotopic (exact) mass is 599 g/mol. The summed E-state index contributed by atoms with van der Waals surface area (Å²) >= 11 is 0. The van der Waals surface area contributed by atoms with Crippen LogP contribution in [0, 0.1) is 17.2 Å². The van der Waals surface area contributed by atoms with E-state index < -0.39 is 66.6 Å². The number of benzene rings is 3. The van der Waals surface area contributed by atoms with Crippen LogP contribution in [0.15, 0.2) is 72.8 Å². The van der Waals surface area contributed by atoms with Gasteiger partial charge in [-0.1, -0.05) is 48.5 Å². The third-order valence-electron chi connectivity index (χ3n) is 7.08. The topological polar surface area (TPSA) is 128 Å². The van der Waals surface area contributed by atoms with Gasteiger partial charge >= 0.3 is 6.18 Å². The zero-order valence-corrected chi connectivity index (χ0v) is 22.4.